The highest BCUT2D eigenvalue weighted by molar-refractivity contribution is 8.00. The predicted molar refractivity (Wildman–Crippen MR) is 47.7 cm³/mol. The summed E-state index contributed by atoms with van der Waals surface area (Å²) in [4.78, 5) is 25.3. The Morgan fingerprint density at radius 2 is 2.33 bits per heavy atom. The molecule has 0 aromatic rings. The monoisotopic (exact) mass is 188 g/mol. The van der Waals surface area contributed by atoms with E-state index < -0.39 is 0 Å². The molecule has 0 aliphatic carbocycles. The lowest BCUT2D eigenvalue weighted by molar-refractivity contribution is -0.136. The standard InChI is InChI=1S/C7H12N2O2S/c1-8(2)6(10)3-9-5-12-4-7(9)11/h3-5H2,1-2H3. The molecule has 1 heterocycles. The van der Waals surface area contributed by atoms with E-state index in [0.717, 1.165) is 0 Å². The molecule has 4 nitrogen and oxygen atoms in total. The highest BCUT2D eigenvalue weighted by Crippen LogP contribution is 2.14. The van der Waals surface area contributed by atoms with Crippen molar-refractivity contribution in [2.75, 3.05) is 32.3 Å². The van der Waals surface area contributed by atoms with Crippen LogP contribution in [0.3, 0.4) is 0 Å². The fraction of sp³-hybridized carbons (Fsp3) is 0.714. The molecule has 0 saturated carbocycles. The summed E-state index contributed by atoms with van der Waals surface area (Å²) in [5.74, 6) is 1.21. The summed E-state index contributed by atoms with van der Waals surface area (Å²) in [5, 5.41) is 0. The molecule has 1 rings (SSSR count). The van der Waals surface area contributed by atoms with Gasteiger partial charge in [-0.1, -0.05) is 0 Å². The van der Waals surface area contributed by atoms with Crippen molar-refractivity contribution in [2.24, 2.45) is 0 Å². The molecule has 0 aromatic heterocycles. The van der Waals surface area contributed by atoms with Crippen molar-refractivity contribution in [3.05, 3.63) is 0 Å². The fourth-order valence-electron chi connectivity index (χ4n) is 0.845. The second kappa shape index (κ2) is 3.80. The van der Waals surface area contributed by atoms with Gasteiger partial charge >= 0.3 is 0 Å². The summed E-state index contributed by atoms with van der Waals surface area (Å²) in [6.45, 7) is 0.221. The Labute approximate surface area is 75.9 Å². The second-order valence-corrected chi connectivity index (χ2v) is 3.81. The van der Waals surface area contributed by atoms with Gasteiger partial charge in [0.1, 0.15) is 6.54 Å². The number of rotatable bonds is 2. The Kier molecular flexibility index (Phi) is 2.97. The van der Waals surface area contributed by atoms with E-state index in [1.165, 1.54) is 4.90 Å². The normalized spacial score (nSPS) is 16.8. The summed E-state index contributed by atoms with van der Waals surface area (Å²) in [6, 6.07) is 0. The number of nitrogens with zero attached hydrogens (tertiary/aromatic N) is 2. The molecule has 2 amide bonds. The van der Waals surface area contributed by atoms with E-state index in [1.807, 2.05) is 0 Å². The Balaban J connectivity index is 2.40. The van der Waals surface area contributed by atoms with E-state index in [4.69, 9.17) is 0 Å². The van der Waals surface area contributed by atoms with E-state index in [2.05, 4.69) is 0 Å². The molecule has 68 valence electrons. The van der Waals surface area contributed by atoms with Gasteiger partial charge in [-0.3, -0.25) is 9.59 Å². The number of carbonyl (C=O) groups excluding carboxylic acids is 2. The molecule has 1 saturated heterocycles. The minimum absolute atomic E-state index is 0.0224. The topological polar surface area (TPSA) is 40.6 Å². The highest BCUT2D eigenvalue weighted by atomic mass is 32.2. The highest BCUT2D eigenvalue weighted by Gasteiger charge is 2.23. The van der Waals surface area contributed by atoms with Gasteiger partial charge in [0.2, 0.25) is 11.8 Å². The van der Waals surface area contributed by atoms with Gasteiger partial charge in [0.05, 0.1) is 11.6 Å². The van der Waals surface area contributed by atoms with Crippen LogP contribution in [-0.2, 0) is 9.59 Å². The van der Waals surface area contributed by atoms with Crippen LogP contribution in [0.5, 0.6) is 0 Å². The molecule has 0 aromatic carbocycles. The van der Waals surface area contributed by atoms with Gasteiger partial charge in [0.15, 0.2) is 0 Å². The van der Waals surface area contributed by atoms with Crippen molar-refractivity contribution in [1.82, 2.24) is 9.80 Å². The minimum Gasteiger partial charge on any atom is -0.347 e. The van der Waals surface area contributed by atoms with Gasteiger partial charge in [0.25, 0.3) is 0 Å². The molecule has 1 fully saturated rings. The fourth-order valence-corrected chi connectivity index (χ4v) is 1.75. The van der Waals surface area contributed by atoms with Crippen LogP contribution in [0.2, 0.25) is 0 Å². The summed E-state index contributed by atoms with van der Waals surface area (Å²) < 4.78 is 0. The molecule has 1 aliphatic rings. The van der Waals surface area contributed by atoms with Crippen molar-refractivity contribution in [1.29, 1.82) is 0 Å². The lowest BCUT2D eigenvalue weighted by atomic mass is 10.5. The molecule has 12 heavy (non-hydrogen) atoms. The van der Waals surface area contributed by atoms with E-state index in [1.54, 1.807) is 30.8 Å². The van der Waals surface area contributed by atoms with Gasteiger partial charge in [-0.25, -0.2) is 0 Å². The van der Waals surface area contributed by atoms with Crippen LogP contribution in [0.15, 0.2) is 0 Å². The zero-order chi connectivity index (χ0) is 9.14. The average Bonchev–Trinajstić information content (AvgIpc) is 2.36. The first-order valence-corrected chi connectivity index (χ1v) is 4.82. The number of carbonyl (C=O) groups is 2. The Hall–Kier alpha value is -0.710. The second-order valence-electron chi connectivity index (χ2n) is 2.86. The van der Waals surface area contributed by atoms with Crippen LogP contribution in [0, 0.1) is 0 Å². The first-order valence-electron chi connectivity index (χ1n) is 3.67. The third kappa shape index (κ3) is 2.14. The molecule has 1 aliphatic heterocycles. The molecule has 0 unspecified atom stereocenters. The number of likely N-dealkylation sites (N-methyl/N-ethyl adjacent to an activating group) is 1. The molecular formula is C7H12N2O2S. The number of thioether (sulfide) groups is 1. The zero-order valence-corrected chi connectivity index (χ0v) is 8.06. The molecule has 0 atom stereocenters. The maximum absolute atomic E-state index is 11.2. The number of amides is 2. The van der Waals surface area contributed by atoms with Crippen molar-refractivity contribution in [3.63, 3.8) is 0 Å². The quantitative estimate of drug-likeness (QED) is 0.592. The van der Waals surface area contributed by atoms with Crippen LogP contribution in [0.25, 0.3) is 0 Å². The van der Waals surface area contributed by atoms with Crippen LogP contribution in [-0.4, -0.2) is 53.9 Å². The third-order valence-electron chi connectivity index (χ3n) is 1.65. The SMILES string of the molecule is CN(C)C(=O)CN1CSCC1=O. The Morgan fingerprint density at radius 3 is 2.75 bits per heavy atom. The van der Waals surface area contributed by atoms with E-state index >= 15 is 0 Å². The van der Waals surface area contributed by atoms with Crippen LogP contribution in [0.4, 0.5) is 0 Å². The molecule has 0 radical (unpaired) electrons. The largest absolute Gasteiger partial charge is 0.347 e. The Bertz CT molecular complexity index is 206. The zero-order valence-electron chi connectivity index (χ0n) is 7.24. The maximum Gasteiger partial charge on any atom is 0.241 e. The summed E-state index contributed by atoms with van der Waals surface area (Å²) in [7, 11) is 3.38. The van der Waals surface area contributed by atoms with E-state index in [-0.39, 0.29) is 18.4 Å². The van der Waals surface area contributed by atoms with Crippen molar-refractivity contribution in [2.45, 2.75) is 0 Å². The van der Waals surface area contributed by atoms with Crippen molar-refractivity contribution < 1.29 is 9.59 Å². The lowest BCUT2D eigenvalue weighted by Gasteiger charge is -2.17. The molecular weight excluding hydrogens is 176 g/mol. The van der Waals surface area contributed by atoms with E-state index in [0.29, 0.717) is 11.6 Å². The van der Waals surface area contributed by atoms with Gasteiger partial charge < -0.3 is 9.80 Å². The maximum atomic E-state index is 11.2. The number of hydrogen-bond donors (Lipinski definition) is 0. The Morgan fingerprint density at radius 1 is 1.67 bits per heavy atom. The molecule has 0 bridgehead atoms. The molecule has 0 N–H and O–H groups in total. The molecule has 0 spiro atoms. The minimum atomic E-state index is -0.0224. The van der Waals surface area contributed by atoms with Crippen LogP contribution >= 0.6 is 11.8 Å². The average molecular weight is 188 g/mol. The summed E-state index contributed by atoms with van der Waals surface area (Å²) >= 11 is 1.55. The smallest absolute Gasteiger partial charge is 0.241 e. The molecule has 5 heteroatoms. The first kappa shape index (κ1) is 9.38. The first-order chi connectivity index (χ1) is 5.61. The number of hydrogen-bond acceptors (Lipinski definition) is 3. The van der Waals surface area contributed by atoms with Gasteiger partial charge in [-0.05, 0) is 0 Å². The third-order valence-corrected chi connectivity index (χ3v) is 2.60. The lowest BCUT2D eigenvalue weighted by Crippen LogP contribution is -2.37. The van der Waals surface area contributed by atoms with E-state index in [9.17, 15) is 9.59 Å². The van der Waals surface area contributed by atoms with Gasteiger partial charge in [-0.2, -0.15) is 0 Å². The van der Waals surface area contributed by atoms with Crippen molar-refractivity contribution in [3.8, 4) is 0 Å². The van der Waals surface area contributed by atoms with Crippen LogP contribution < -0.4 is 0 Å². The summed E-state index contributed by atoms with van der Waals surface area (Å²) in [6.07, 6.45) is 0. The van der Waals surface area contributed by atoms with Crippen LogP contribution in [0.1, 0.15) is 0 Å². The summed E-state index contributed by atoms with van der Waals surface area (Å²) in [5.41, 5.74) is 0. The predicted octanol–water partition coefficient (Wildman–Crippen LogP) is -0.393. The van der Waals surface area contributed by atoms with Crippen molar-refractivity contribution >= 4 is 23.6 Å². The van der Waals surface area contributed by atoms with Gasteiger partial charge in [0, 0.05) is 14.1 Å². The van der Waals surface area contributed by atoms with Gasteiger partial charge in [-0.15, -0.1) is 11.8 Å².